The number of nitrogens with zero attached hydrogens (tertiary/aromatic N) is 4. The second-order valence-electron chi connectivity index (χ2n) is 4.88. The average Bonchev–Trinajstić information content (AvgIpc) is 3.01. The molecule has 0 amide bonds. The van der Waals surface area contributed by atoms with Crippen molar-refractivity contribution in [3.63, 3.8) is 0 Å². The van der Waals surface area contributed by atoms with Crippen molar-refractivity contribution in [1.29, 1.82) is 0 Å². The van der Waals surface area contributed by atoms with E-state index in [-0.39, 0.29) is 0 Å². The van der Waals surface area contributed by atoms with E-state index in [4.69, 9.17) is 0 Å². The van der Waals surface area contributed by atoms with E-state index in [1.54, 1.807) is 16.0 Å². The topological polar surface area (TPSA) is 67.7 Å². The Morgan fingerprint density at radius 2 is 2.14 bits per heavy atom. The largest absolute Gasteiger partial charge is 0.365 e. The summed E-state index contributed by atoms with van der Waals surface area (Å²) in [5.41, 5.74) is 1.13. The van der Waals surface area contributed by atoms with Crippen molar-refractivity contribution in [3.05, 3.63) is 28.9 Å². The summed E-state index contributed by atoms with van der Waals surface area (Å²) >= 11 is 1.68. The van der Waals surface area contributed by atoms with E-state index in [1.807, 2.05) is 26.4 Å². The molecule has 0 aromatic carbocycles. The highest BCUT2D eigenvalue weighted by atomic mass is 32.1. The number of anilines is 2. The first-order valence-electron chi connectivity index (χ1n) is 6.89. The van der Waals surface area contributed by atoms with Crippen molar-refractivity contribution >= 4 is 33.3 Å². The van der Waals surface area contributed by atoms with Crippen molar-refractivity contribution in [2.24, 2.45) is 7.05 Å². The molecule has 0 unspecified atom stereocenters. The van der Waals surface area contributed by atoms with Crippen LogP contribution in [0.2, 0.25) is 0 Å². The molecule has 7 heteroatoms. The maximum atomic E-state index is 4.57. The molecular formula is C14H18N6S. The molecule has 3 aromatic heterocycles. The van der Waals surface area contributed by atoms with Crippen molar-refractivity contribution in [1.82, 2.24) is 19.7 Å². The molecule has 0 radical (unpaired) electrons. The number of aryl methyl sites for hydroxylation is 2. The van der Waals surface area contributed by atoms with Gasteiger partial charge in [0, 0.05) is 36.8 Å². The molecule has 3 heterocycles. The Labute approximate surface area is 127 Å². The van der Waals surface area contributed by atoms with E-state index in [0.29, 0.717) is 12.5 Å². The molecule has 110 valence electrons. The fourth-order valence-electron chi connectivity index (χ4n) is 2.16. The molecule has 0 bridgehead atoms. The number of aromatic nitrogens is 4. The van der Waals surface area contributed by atoms with E-state index >= 15 is 0 Å². The van der Waals surface area contributed by atoms with Crippen LogP contribution in [0.4, 0.5) is 11.8 Å². The second-order valence-corrected chi connectivity index (χ2v) is 6.11. The van der Waals surface area contributed by atoms with Gasteiger partial charge in [0.15, 0.2) is 0 Å². The third-order valence-corrected chi connectivity index (χ3v) is 4.01. The van der Waals surface area contributed by atoms with Gasteiger partial charge in [-0.25, -0.2) is 4.98 Å². The first-order valence-corrected chi connectivity index (χ1v) is 7.71. The minimum atomic E-state index is 0.667. The van der Waals surface area contributed by atoms with Crippen LogP contribution in [0.5, 0.6) is 0 Å². The molecule has 0 atom stereocenters. The molecule has 3 aromatic rings. The Bertz CT molecular complexity index is 760. The summed E-state index contributed by atoms with van der Waals surface area (Å²) in [5.74, 6) is 1.53. The summed E-state index contributed by atoms with van der Waals surface area (Å²) in [5, 5.41) is 11.8. The third kappa shape index (κ3) is 2.97. The summed E-state index contributed by atoms with van der Waals surface area (Å²) in [7, 11) is 1.91. The van der Waals surface area contributed by atoms with Crippen molar-refractivity contribution in [2.75, 3.05) is 17.2 Å². The number of rotatable bonds is 5. The first-order chi connectivity index (χ1) is 10.2. The Balaban J connectivity index is 1.91. The van der Waals surface area contributed by atoms with Crippen LogP contribution < -0.4 is 10.6 Å². The van der Waals surface area contributed by atoms with Crippen molar-refractivity contribution < 1.29 is 0 Å². The predicted octanol–water partition coefficient (Wildman–Crippen LogP) is 2.78. The quantitative estimate of drug-likeness (QED) is 0.758. The van der Waals surface area contributed by atoms with Crippen LogP contribution in [0.25, 0.3) is 10.2 Å². The summed E-state index contributed by atoms with van der Waals surface area (Å²) in [6.45, 7) is 5.62. The van der Waals surface area contributed by atoms with Gasteiger partial charge in [-0.05, 0) is 19.9 Å². The minimum absolute atomic E-state index is 0.667. The monoisotopic (exact) mass is 302 g/mol. The number of hydrogen-bond donors (Lipinski definition) is 2. The summed E-state index contributed by atoms with van der Waals surface area (Å²) < 4.78 is 1.80. The van der Waals surface area contributed by atoms with E-state index in [1.165, 1.54) is 4.88 Å². The van der Waals surface area contributed by atoms with Crippen molar-refractivity contribution in [2.45, 2.75) is 20.4 Å². The van der Waals surface area contributed by atoms with Crippen LogP contribution >= 0.6 is 11.3 Å². The molecule has 0 spiro atoms. The highest BCUT2D eigenvalue weighted by molar-refractivity contribution is 7.18. The van der Waals surface area contributed by atoms with Crippen LogP contribution in [0.15, 0.2) is 18.5 Å². The fraction of sp³-hybridized carbons (Fsp3) is 0.357. The SMILES string of the molecule is CCNc1nc(NCc2cnn(C)c2)c2cc(C)sc2n1. The highest BCUT2D eigenvalue weighted by Crippen LogP contribution is 2.29. The normalized spacial score (nSPS) is 11.0. The summed E-state index contributed by atoms with van der Waals surface area (Å²) in [4.78, 5) is 11.4. The van der Waals surface area contributed by atoms with Gasteiger partial charge in [0.1, 0.15) is 10.6 Å². The lowest BCUT2D eigenvalue weighted by atomic mass is 10.3. The van der Waals surface area contributed by atoms with Gasteiger partial charge in [-0.2, -0.15) is 10.1 Å². The average molecular weight is 302 g/mol. The maximum absolute atomic E-state index is 4.57. The molecule has 0 aliphatic carbocycles. The predicted molar refractivity (Wildman–Crippen MR) is 86.9 cm³/mol. The van der Waals surface area contributed by atoms with Crippen molar-refractivity contribution in [3.8, 4) is 0 Å². The van der Waals surface area contributed by atoms with E-state index in [0.717, 1.165) is 28.1 Å². The van der Waals surface area contributed by atoms with Gasteiger partial charge < -0.3 is 10.6 Å². The van der Waals surface area contributed by atoms with E-state index < -0.39 is 0 Å². The molecule has 0 fully saturated rings. The first kappa shape index (κ1) is 13.8. The van der Waals surface area contributed by atoms with Crippen LogP contribution in [-0.4, -0.2) is 26.3 Å². The third-order valence-electron chi connectivity index (χ3n) is 3.07. The van der Waals surface area contributed by atoms with E-state index in [2.05, 4.69) is 38.7 Å². The Hall–Kier alpha value is -2.15. The molecule has 21 heavy (non-hydrogen) atoms. The molecule has 6 nitrogen and oxygen atoms in total. The lowest BCUT2D eigenvalue weighted by molar-refractivity contribution is 0.767. The van der Waals surface area contributed by atoms with Gasteiger partial charge in [0.25, 0.3) is 0 Å². The standard InChI is InChI=1S/C14H18N6S/c1-4-15-14-18-12(11-5-9(2)21-13(11)19-14)16-6-10-7-17-20(3)8-10/h5,7-8H,4,6H2,1-3H3,(H2,15,16,18,19). The fourth-order valence-corrected chi connectivity index (χ4v) is 3.04. The summed E-state index contributed by atoms with van der Waals surface area (Å²) in [6.07, 6.45) is 3.85. The summed E-state index contributed by atoms with van der Waals surface area (Å²) in [6, 6.07) is 2.13. The number of hydrogen-bond acceptors (Lipinski definition) is 6. The molecule has 0 aliphatic rings. The van der Waals surface area contributed by atoms with Crippen LogP contribution in [0.1, 0.15) is 17.4 Å². The highest BCUT2D eigenvalue weighted by Gasteiger charge is 2.10. The Morgan fingerprint density at radius 3 is 2.86 bits per heavy atom. The zero-order chi connectivity index (χ0) is 14.8. The Morgan fingerprint density at radius 1 is 1.29 bits per heavy atom. The molecule has 3 rings (SSSR count). The maximum Gasteiger partial charge on any atom is 0.226 e. The zero-order valence-corrected chi connectivity index (χ0v) is 13.2. The smallest absolute Gasteiger partial charge is 0.226 e. The van der Waals surface area contributed by atoms with Gasteiger partial charge in [-0.15, -0.1) is 11.3 Å². The van der Waals surface area contributed by atoms with Gasteiger partial charge >= 0.3 is 0 Å². The van der Waals surface area contributed by atoms with Crippen LogP contribution in [0.3, 0.4) is 0 Å². The van der Waals surface area contributed by atoms with Crippen LogP contribution in [0, 0.1) is 6.92 Å². The Kier molecular flexibility index (Phi) is 3.74. The molecule has 2 N–H and O–H groups in total. The molecule has 0 saturated heterocycles. The lowest BCUT2D eigenvalue weighted by Crippen LogP contribution is -2.06. The minimum Gasteiger partial charge on any atom is -0.365 e. The van der Waals surface area contributed by atoms with E-state index in [9.17, 15) is 0 Å². The van der Waals surface area contributed by atoms with Gasteiger partial charge in [-0.1, -0.05) is 0 Å². The number of fused-ring (bicyclic) bond motifs is 1. The van der Waals surface area contributed by atoms with Gasteiger partial charge in [0.05, 0.1) is 11.6 Å². The molecule has 0 aliphatic heterocycles. The molecular weight excluding hydrogens is 284 g/mol. The second kappa shape index (κ2) is 5.69. The molecule has 0 saturated carbocycles. The van der Waals surface area contributed by atoms with Gasteiger partial charge in [-0.3, -0.25) is 4.68 Å². The van der Waals surface area contributed by atoms with Crippen LogP contribution in [-0.2, 0) is 13.6 Å². The number of nitrogens with one attached hydrogen (secondary N) is 2. The van der Waals surface area contributed by atoms with Gasteiger partial charge in [0.2, 0.25) is 5.95 Å². The lowest BCUT2D eigenvalue weighted by Gasteiger charge is -2.08. The zero-order valence-electron chi connectivity index (χ0n) is 12.3. The number of thiophene rings is 1.